The number of para-hydroxylation sites is 2. The molecule has 224 valence electrons. The van der Waals surface area contributed by atoms with Crippen LogP contribution in [0.5, 0.6) is 5.75 Å². The van der Waals surface area contributed by atoms with Gasteiger partial charge >= 0.3 is 0 Å². The first-order valence-electron chi connectivity index (χ1n) is 13.7. The van der Waals surface area contributed by atoms with E-state index in [0.29, 0.717) is 38.2 Å². The molecule has 1 aliphatic heterocycles. The zero-order chi connectivity index (χ0) is 31.3. The summed E-state index contributed by atoms with van der Waals surface area (Å²) in [5, 5.41) is 21.5. The third kappa shape index (κ3) is 6.44. The van der Waals surface area contributed by atoms with E-state index in [0.717, 1.165) is 11.3 Å². The number of hydrogen-bond donors (Lipinski definition) is 0. The number of nitrogens with zero attached hydrogens (tertiary/aromatic N) is 6. The average Bonchev–Trinajstić information content (AvgIpc) is 3.63. The van der Waals surface area contributed by atoms with Crippen LogP contribution in [0.15, 0.2) is 124 Å². The van der Waals surface area contributed by atoms with Gasteiger partial charge in [-0.05, 0) is 77.4 Å². The van der Waals surface area contributed by atoms with Gasteiger partial charge in [-0.2, -0.15) is 10.2 Å². The summed E-state index contributed by atoms with van der Waals surface area (Å²) in [6.45, 7) is 0. The van der Waals surface area contributed by atoms with Crippen LogP contribution in [0.25, 0.3) is 23.0 Å². The highest BCUT2D eigenvalue weighted by Gasteiger charge is 2.33. The van der Waals surface area contributed by atoms with Crippen LogP contribution in [0.1, 0.15) is 11.1 Å². The topological polar surface area (TPSA) is 115 Å². The van der Waals surface area contributed by atoms with E-state index >= 15 is 0 Å². The minimum atomic E-state index is -1.03. The summed E-state index contributed by atoms with van der Waals surface area (Å²) in [6.07, 6.45) is 4.97. The van der Waals surface area contributed by atoms with Gasteiger partial charge in [0, 0.05) is 34.1 Å². The van der Waals surface area contributed by atoms with Gasteiger partial charge in [0.25, 0.3) is 11.6 Å². The largest absolute Gasteiger partial charge is 0.497 e. The van der Waals surface area contributed by atoms with Crippen molar-refractivity contribution in [3.63, 3.8) is 0 Å². The number of nitro benzene ring substituents is 1. The van der Waals surface area contributed by atoms with Gasteiger partial charge in [-0.25, -0.2) is 4.68 Å². The van der Waals surface area contributed by atoms with Gasteiger partial charge in [0.05, 0.1) is 40.3 Å². The van der Waals surface area contributed by atoms with Crippen molar-refractivity contribution in [1.82, 2.24) is 9.78 Å². The number of nitro groups is 1. The molecule has 1 aliphatic rings. The number of rotatable bonds is 8. The molecular formula is C33H25ClN6O4S. The molecule has 10 nitrogen and oxygen atoms in total. The van der Waals surface area contributed by atoms with Crippen molar-refractivity contribution in [3.05, 3.63) is 140 Å². The Labute approximate surface area is 266 Å². The molecule has 6 rings (SSSR count). The van der Waals surface area contributed by atoms with Crippen molar-refractivity contribution in [2.45, 2.75) is 0 Å². The summed E-state index contributed by atoms with van der Waals surface area (Å²) in [7, 11) is 0.577. The van der Waals surface area contributed by atoms with Crippen LogP contribution in [-0.4, -0.2) is 39.8 Å². The zero-order valence-electron chi connectivity index (χ0n) is 23.9. The Morgan fingerprint density at radius 2 is 1.69 bits per heavy atom. The highest BCUT2D eigenvalue weighted by molar-refractivity contribution is 7.93. The maximum absolute atomic E-state index is 13.7. The Bertz CT molecular complexity index is 1990. The monoisotopic (exact) mass is 636 g/mol. The lowest BCUT2D eigenvalue weighted by molar-refractivity contribution is -0.385. The predicted octanol–water partition coefficient (Wildman–Crippen LogP) is 7.29. The zero-order valence-corrected chi connectivity index (χ0v) is 25.4. The Hall–Kier alpha value is -5.39. The molecule has 0 bridgehead atoms. The van der Waals surface area contributed by atoms with E-state index in [1.165, 1.54) is 6.07 Å². The SMILES string of the molecule is COc1ccc(-c2nn(-c3cccc(Cl)c3)cc2/C=N/N=S2\CN(c3ccccc3)C(=O)\C2=C/c2ccccc2[N+](=O)[O-])cc1. The normalized spacial score (nSPS) is 15.8. The van der Waals surface area contributed by atoms with Gasteiger partial charge in [-0.3, -0.25) is 19.8 Å². The van der Waals surface area contributed by atoms with E-state index in [1.807, 2.05) is 72.9 Å². The lowest BCUT2D eigenvalue weighted by Crippen LogP contribution is -2.24. The molecule has 2 heterocycles. The smallest absolute Gasteiger partial charge is 0.276 e. The fourth-order valence-corrected chi connectivity index (χ4v) is 6.46. The van der Waals surface area contributed by atoms with E-state index in [-0.39, 0.29) is 17.5 Å². The van der Waals surface area contributed by atoms with Crippen LogP contribution in [0.4, 0.5) is 11.4 Å². The predicted molar refractivity (Wildman–Crippen MR) is 178 cm³/mol. The average molecular weight is 637 g/mol. The molecule has 45 heavy (non-hydrogen) atoms. The number of anilines is 1. The third-order valence-corrected chi connectivity index (χ3v) is 8.80. The van der Waals surface area contributed by atoms with Crippen molar-refractivity contribution in [2.75, 3.05) is 17.9 Å². The molecule has 1 atom stereocenters. The minimum Gasteiger partial charge on any atom is -0.497 e. The summed E-state index contributed by atoms with van der Waals surface area (Å²) in [4.78, 5) is 26.8. The van der Waals surface area contributed by atoms with Crippen LogP contribution in [0.2, 0.25) is 5.02 Å². The fourth-order valence-electron chi connectivity index (χ4n) is 4.75. The van der Waals surface area contributed by atoms with Gasteiger partial charge in [0.15, 0.2) is 0 Å². The molecule has 0 saturated carbocycles. The van der Waals surface area contributed by atoms with Gasteiger partial charge in [0.1, 0.15) is 11.4 Å². The van der Waals surface area contributed by atoms with Crippen molar-refractivity contribution in [3.8, 4) is 22.7 Å². The summed E-state index contributed by atoms with van der Waals surface area (Å²) in [5.41, 5.74) is 3.87. The third-order valence-electron chi connectivity index (χ3n) is 6.97. The van der Waals surface area contributed by atoms with Crippen LogP contribution in [0, 0.1) is 10.1 Å². The number of carbonyl (C=O) groups is 1. The molecule has 0 N–H and O–H groups in total. The first-order chi connectivity index (χ1) is 21.9. The second-order valence-electron chi connectivity index (χ2n) is 9.80. The van der Waals surface area contributed by atoms with Crippen molar-refractivity contribution >= 4 is 51.9 Å². The van der Waals surface area contributed by atoms with Crippen LogP contribution < -0.4 is 9.64 Å². The molecule has 5 aromatic rings. The molecule has 0 aliphatic carbocycles. The van der Waals surface area contributed by atoms with Crippen molar-refractivity contribution in [2.24, 2.45) is 9.57 Å². The summed E-state index contributed by atoms with van der Waals surface area (Å²) >= 11 is 6.25. The summed E-state index contributed by atoms with van der Waals surface area (Å²) in [5.74, 6) is 0.681. The van der Waals surface area contributed by atoms with Gasteiger partial charge in [-0.15, -0.1) is 4.47 Å². The molecule has 0 spiro atoms. The number of aromatic nitrogens is 2. The quantitative estimate of drug-likeness (QED) is 0.0768. The molecule has 4 aromatic carbocycles. The highest BCUT2D eigenvalue weighted by Crippen LogP contribution is 2.31. The fraction of sp³-hybridized carbons (Fsp3) is 0.0606. The second kappa shape index (κ2) is 13.1. The van der Waals surface area contributed by atoms with Gasteiger partial charge < -0.3 is 4.74 Å². The number of benzene rings is 4. The van der Waals surface area contributed by atoms with E-state index in [4.69, 9.17) is 21.4 Å². The number of carbonyl (C=O) groups excluding carboxylic acids is 1. The molecule has 1 fully saturated rings. The number of halogens is 1. The molecule has 1 amide bonds. The van der Waals surface area contributed by atoms with E-state index in [2.05, 4.69) is 9.57 Å². The number of amides is 1. The molecule has 12 heteroatoms. The first-order valence-corrected chi connectivity index (χ1v) is 15.4. The van der Waals surface area contributed by atoms with E-state index in [1.54, 1.807) is 59.3 Å². The Balaban J connectivity index is 1.42. The van der Waals surface area contributed by atoms with Crippen LogP contribution >= 0.6 is 11.6 Å². The molecule has 1 aromatic heterocycles. The Morgan fingerprint density at radius 1 is 0.956 bits per heavy atom. The minimum absolute atomic E-state index is 0.0967. The van der Waals surface area contributed by atoms with Gasteiger partial charge in [0.2, 0.25) is 0 Å². The van der Waals surface area contributed by atoms with Crippen LogP contribution in [-0.2, 0) is 15.5 Å². The van der Waals surface area contributed by atoms with E-state index in [9.17, 15) is 14.9 Å². The lowest BCUT2D eigenvalue weighted by atomic mass is 10.1. The molecule has 1 saturated heterocycles. The lowest BCUT2D eigenvalue weighted by Gasteiger charge is -2.13. The Kier molecular flexibility index (Phi) is 8.63. The maximum atomic E-state index is 13.7. The van der Waals surface area contributed by atoms with E-state index < -0.39 is 15.6 Å². The number of methoxy groups -OCH3 is 1. The van der Waals surface area contributed by atoms with Gasteiger partial charge in [-0.1, -0.05) is 48.0 Å². The maximum Gasteiger partial charge on any atom is 0.276 e. The molecule has 1 unspecified atom stereocenters. The van der Waals surface area contributed by atoms with Crippen molar-refractivity contribution < 1.29 is 14.5 Å². The standard InChI is InChI=1S/C33H25ClN6O4S/c1-44-29-16-14-23(15-17-29)32-25(21-39(36-32)28-12-7-9-26(34)19-28)20-35-37-45-22-38(27-10-3-2-4-11-27)33(41)31(45)18-24-8-5-6-13-30(24)40(42)43/h2-21H,22H2,1H3/b31-18+,35-20+. The highest BCUT2D eigenvalue weighted by atomic mass is 35.5. The van der Waals surface area contributed by atoms with Crippen LogP contribution in [0.3, 0.4) is 0 Å². The number of hydrogen-bond acceptors (Lipinski definition) is 6. The summed E-state index contributed by atoms with van der Waals surface area (Å²) in [6, 6.07) is 30.4. The molecular weight excluding hydrogens is 612 g/mol. The molecule has 0 radical (unpaired) electrons. The number of ether oxygens (including phenoxy) is 1. The van der Waals surface area contributed by atoms with Crippen molar-refractivity contribution in [1.29, 1.82) is 0 Å². The Morgan fingerprint density at radius 3 is 2.42 bits per heavy atom. The summed E-state index contributed by atoms with van der Waals surface area (Å²) < 4.78 is 11.6. The second-order valence-corrected chi connectivity index (χ2v) is 11.8. The first kappa shape index (κ1) is 29.7.